The summed E-state index contributed by atoms with van der Waals surface area (Å²) in [6, 6.07) is 8.75. The minimum atomic E-state index is -3.73. The summed E-state index contributed by atoms with van der Waals surface area (Å²) in [6.45, 7) is 0.0362. The molecule has 0 saturated heterocycles. The molecule has 158 valence electrons. The highest BCUT2D eigenvalue weighted by molar-refractivity contribution is 7.89. The molecule has 0 aliphatic carbocycles. The largest absolute Gasteiger partial charge is 0.495 e. The van der Waals surface area contributed by atoms with Crippen LogP contribution in [0.3, 0.4) is 0 Å². The Kier molecular flexibility index (Phi) is 8.54. The van der Waals surface area contributed by atoms with Gasteiger partial charge in [-0.25, -0.2) is 13.1 Å². The zero-order chi connectivity index (χ0) is 21.4. The second kappa shape index (κ2) is 10.7. The molecule has 1 amide bonds. The van der Waals surface area contributed by atoms with Crippen molar-refractivity contribution in [3.05, 3.63) is 46.4 Å². The SMILES string of the molecule is COCCNS(=O)(=O)c1ccc(OCC(=O)Nc2ccc(OC)c(Cl)c2)c(Cl)c1. The quantitative estimate of drug-likeness (QED) is 0.526. The van der Waals surface area contributed by atoms with Crippen LogP contribution in [0.4, 0.5) is 5.69 Å². The lowest BCUT2D eigenvalue weighted by atomic mass is 10.3. The van der Waals surface area contributed by atoms with E-state index in [9.17, 15) is 13.2 Å². The van der Waals surface area contributed by atoms with Gasteiger partial charge in [-0.15, -0.1) is 0 Å². The molecule has 0 aliphatic heterocycles. The van der Waals surface area contributed by atoms with Gasteiger partial charge in [0.15, 0.2) is 6.61 Å². The highest BCUT2D eigenvalue weighted by Crippen LogP contribution is 2.28. The fourth-order valence-corrected chi connectivity index (χ4v) is 3.81. The number of rotatable bonds is 10. The molecular formula is C18H20Cl2N2O6S. The predicted molar refractivity (Wildman–Crippen MR) is 111 cm³/mol. The minimum Gasteiger partial charge on any atom is -0.495 e. The van der Waals surface area contributed by atoms with Crippen LogP contribution < -0.4 is 19.5 Å². The monoisotopic (exact) mass is 462 g/mol. The van der Waals surface area contributed by atoms with Gasteiger partial charge in [0.25, 0.3) is 5.91 Å². The van der Waals surface area contributed by atoms with Gasteiger partial charge in [0.1, 0.15) is 11.5 Å². The lowest BCUT2D eigenvalue weighted by molar-refractivity contribution is -0.118. The lowest BCUT2D eigenvalue weighted by Crippen LogP contribution is -2.27. The number of methoxy groups -OCH3 is 2. The van der Waals surface area contributed by atoms with Crippen molar-refractivity contribution in [3.8, 4) is 11.5 Å². The van der Waals surface area contributed by atoms with Crippen LogP contribution in [0.15, 0.2) is 41.3 Å². The van der Waals surface area contributed by atoms with Gasteiger partial charge in [-0.2, -0.15) is 0 Å². The molecule has 0 aliphatic rings. The fourth-order valence-electron chi connectivity index (χ4n) is 2.21. The molecular weight excluding hydrogens is 443 g/mol. The van der Waals surface area contributed by atoms with Crippen LogP contribution in [0.25, 0.3) is 0 Å². The van der Waals surface area contributed by atoms with E-state index in [0.717, 1.165) is 0 Å². The van der Waals surface area contributed by atoms with E-state index in [4.69, 9.17) is 37.4 Å². The minimum absolute atomic E-state index is 0.0247. The average Bonchev–Trinajstić information content (AvgIpc) is 2.67. The number of nitrogens with one attached hydrogen (secondary N) is 2. The molecule has 2 N–H and O–H groups in total. The van der Waals surface area contributed by atoms with E-state index in [0.29, 0.717) is 16.5 Å². The number of hydrogen-bond acceptors (Lipinski definition) is 6. The van der Waals surface area contributed by atoms with E-state index in [2.05, 4.69) is 10.0 Å². The summed E-state index contributed by atoms with van der Waals surface area (Å²) in [4.78, 5) is 12.0. The van der Waals surface area contributed by atoms with Crippen LogP contribution >= 0.6 is 23.2 Å². The summed E-state index contributed by atoms with van der Waals surface area (Å²) < 4.78 is 41.9. The first-order chi connectivity index (χ1) is 13.8. The second-order valence-corrected chi connectivity index (χ2v) is 8.25. The zero-order valence-electron chi connectivity index (χ0n) is 15.7. The number of anilines is 1. The topological polar surface area (TPSA) is 103 Å². The van der Waals surface area contributed by atoms with Gasteiger partial charge < -0.3 is 19.5 Å². The van der Waals surface area contributed by atoms with Crippen molar-refractivity contribution < 1.29 is 27.4 Å². The molecule has 0 aromatic heterocycles. The molecule has 0 saturated carbocycles. The Hall–Kier alpha value is -2.04. The van der Waals surface area contributed by atoms with Crippen LogP contribution in [0, 0.1) is 0 Å². The summed E-state index contributed by atoms with van der Waals surface area (Å²) in [7, 11) is -0.767. The normalized spacial score (nSPS) is 11.2. The molecule has 29 heavy (non-hydrogen) atoms. The first-order valence-electron chi connectivity index (χ1n) is 8.31. The standard InChI is InChI=1S/C18H20Cl2N2O6S/c1-26-8-7-21-29(24,25)13-4-6-17(15(20)10-13)28-11-18(23)22-12-3-5-16(27-2)14(19)9-12/h3-6,9-10,21H,7-8,11H2,1-2H3,(H,22,23). The molecule has 11 heteroatoms. The van der Waals surface area contributed by atoms with Crippen molar-refractivity contribution in [2.75, 3.05) is 39.3 Å². The van der Waals surface area contributed by atoms with E-state index in [1.807, 2.05) is 0 Å². The molecule has 0 bridgehead atoms. The molecule has 8 nitrogen and oxygen atoms in total. The molecule has 0 heterocycles. The van der Waals surface area contributed by atoms with Crippen molar-refractivity contribution in [2.24, 2.45) is 0 Å². The van der Waals surface area contributed by atoms with E-state index in [-0.39, 0.29) is 35.4 Å². The summed E-state index contributed by atoms with van der Waals surface area (Å²) in [5.74, 6) is 0.213. The molecule has 0 fully saturated rings. The lowest BCUT2D eigenvalue weighted by Gasteiger charge is -2.11. The summed E-state index contributed by atoms with van der Waals surface area (Å²) in [5.41, 5.74) is 0.471. The summed E-state index contributed by atoms with van der Waals surface area (Å²) >= 11 is 12.1. The van der Waals surface area contributed by atoms with E-state index in [1.165, 1.54) is 32.4 Å². The highest BCUT2D eigenvalue weighted by Gasteiger charge is 2.16. The predicted octanol–water partition coefficient (Wildman–Crippen LogP) is 2.94. The van der Waals surface area contributed by atoms with E-state index >= 15 is 0 Å². The Labute approximate surface area is 179 Å². The number of benzene rings is 2. The summed E-state index contributed by atoms with van der Waals surface area (Å²) in [6.07, 6.45) is 0. The Morgan fingerprint density at radius 2 is 1.72 bits per heavy atom. The van der Waals surface area contributed by atoms with Gasteiger partial charge in [0, 0.05) is 19.3 Å². The van der Waals surface area contributed by atoms with Gasteiger partial charge in [-0.1, -0.05) is 23.2 Å². The third kappa shape index (κ3) is 6.76. The smallest absolute Gasteiger partial charge is 0.262 e. The fraction of sp³-hybridized carbons (Fsp3) is 0.278. The number of halogens is 2. The van der Waals surface area contributed by atoms with Crippen LogP contribution in [0.1, 0.15) is 0 Å². The molecule has 0 spiro atoms. The number of carbonyl (C=O) groups excluding carboxylic acids is 1. The van der Waals surface area contributed by atoms with Crippen molar-refractivity contribution in [2.45, 2.75) is 4.90 Å². The zero-order valence-corrected chi connectivity index (χ0v) is 18.0. The maximum atomic E-state index is 12.2. The van der Waals surface area contributed by atoms with Gasteiger partial charge in [0.2, 0.25) is 10.0 Å². The van der Waals surface area contributed by atoms with E-state index < -0.39 is 15.9 Å². The maximum Gasteiger partial charge on any atom is 0.262 e. The Morgan fingerprint density at radius 3 is 2.34 bits per heavy atom. The van der Waals surface area contributed by atoms with Crippen molar-refractivity contribution in [1.82, 2.24) is 4.72 Å². The van der Waals surface area contributed by atoms with E-state index in [1.54, 1.807) is 18.2 Å². The number of amides is 1. The molecule has 2 aromatic carbocycles. The second-order valence-electron chi connectivity index (χ2n) is 5.67. The first kappa shape index (κ1) is 23.2. The first-order valence-corrected chi connectivity index (χ1v) is 10.5. The summed E-state index contributed by atoms with van der Waals surface area (Å²) in [5, 5.41) is 3.03. The number of carbonyl (C=O) groups is 1. The van der Waals surface area contributed by atoms with Crippen LogP contribution in [-0.4, -0.2) is 48.3 Å². The van der Waals surface area contributed by atoms with Crippen molar-refractivity contribution in [1.29, 1.82) is 0 Å². The third-order valence-corrected chi connectivity index (χ3v) is 5.66. The molecule has 0 unspecified atom stereocenters. The average molecular weight is 463 g/mol. The van der Waals surface area contributed by atoms with Gasteiger partial charge >= 0.3 is 0 Å². The number of sulfonamides is 1. The molecule has 0 atom stereocenters. The third-order valence-electron chi connectivity index (χ3n) is 3.61. The van der Waals surface area contributed by atoms with Gasteiger partial charge in [0.05, 0.1) is 28.7 Å². The van der Waals surface area contributed by atoms with Crippen molar-refractivity contribution >= 4 is 44.8 Å². The Morgan fingerprint density at radius 1 is 1.03 bits per heavy atom. The van der Waals surface area contributed by atoms with Gasteiger partial charge in [-0.05, 0) is 36.4 Å². The van der Waals surface area contributed by atoms with Crippen LogP contribution in [0.5, 0.6) is 11.5 Å². The van der Waals surface area contributed by atoms with Crippen molar-refractivity contribution in [3.63, 3.8) is 0 Å². The number of hydrogen-bond donors (Lipinski definition) is 2. The number of ether oxygens (including phenoxy) is 3. The Bertz CT molecular complexity index is 969. The van der Waals surface area contributed by atoms with Crippen LogP contribution in [-0.2, 0) is 19.6 Å². The molecule has 2 aromatic rings. The molecule has 0 radical (unpaired) electrons. The molecule has 2 rings (SSSR count). The highest BCUT2D eigenvalue weighted by atomic mass is 35.5. The van der Waals surface area contributed by atoms with Crippen LogP contribution in [0.2, 0.25) is 10.0 Å². The Balaban J connectivity index is 1.96. The maximum absolute atomic E-state index is 12.2. The van der Waals surface area contributed by atoms with Gasteiger partial charge in [-0.3, -0.25) is 4.79 Å².